The molecule has 0 saturated heterocycles. The summed E-state index contributed by atoms with van der Waals surface area (Å²) in [5.41, 5.74) is 0. The molecule has 5 heteroatoms. The van der Waals surface area contributed by atoms with Crippen LogP contribution in [-0.2, 0) is 13.7 Å². The van der Waals surface area contributed by atoms with Crippen LogP contribution in [0.4, 0.5) is 0 Å². The largest absolute Gasteiger partial charge is 0.362 e. The molecule has 0 aliphatic heterocycles. The molecule has 0 bridgehead atoms. The maximum absolute atomic E-state index is 7.94. The molecule has 0 rings (SSSR count). The molecule has 8 heavy (non-hydrogen) atoms. The minimum Gasteiger partial charge on any atom is -0.314 e. The van der Waals surface area contributed by atoms with Crippen LogP contribution in [0.25, 0.3) is 0 Å². The Morgan fingerprint density at radius 2 is 2.25 bits per heavy atom. The minimum absolute atomic E-state index is 0.472. The third kappa shape index (κ3) is 3.29. The van der Waals surface area contributed by atoms with Gasteiger partial charge in [-0.1, -0.05) is 0 Å². The minimum atomic E-state index is -1.50. The molecule has 0 heterocycles. The van der Waals surface area contributed by atoms with E-state index in [-0.39, 0.29) is 0 Å². The second kappa shape index (κ2) is 5.41. The van der Waals surface area contributed by atoms with Crippen molar-refractivity contribution in [2.75, 3.05) is 13.7 Å². The van der Waals surface area contributed by atoms with Crippen LogP contribution in [0.3, 0.4) is 0 Å². The summed E-state index contributed by atoms with van der Waals surface area (Å²) in [5.74, 6) is 0. The average molecular weight is 140 g/mol. The standard InChI is InChI=1S/C3H9O4P/c1-3-6-8(5-2)7-4/h4H,3H2,1-2H3. The summed E-state index contributed by atoms with van der Waals surface area (Å²) < 4.78 is 13.0. The lowest BCUT2D eigenvalue weighted by molar-refractivity contribution is -0.151. The number of hydrogen-bond acceptors (Lipinski definition) is 4. The van der Waals surface area contributed by atoms with Crippen molar-refractivity contribution in [1.29, 1.82) is 0 Å². The average Bonchev–Trinajstić information content (AvgIpc) is 1.83. The van der Waals surface area contributed by atoms with Crippen LogP contribution in [-0.4, -0.2) is 19.0 Å². The first-order valence-electron chi connectivity index (χ1n) is 2.13. The molecule has 0 aromatic carbocycles. The SMILES string of the molecule is CCOP(OC)OO. The van der Waals surface area contributed by atoms with Gasteiger partial charge < -0.3 is 9.05 Å². The van der Waals surface area contributed by atoms with Gasteiger partial charge in [0.1, 0.15) is 0 Å². The molecule has 4 nitrogen and oxygen atoms in total. The Bertz CT molecular complexity index is 46.5. The summed E-state index contributed by atoms with van der Waals surface area (Å²) in [5, 5.41) is 7.94. The van der Waals surface area contributed by atoms with E-state index in [2.05, 4.69) is 9.20 Å². The fraction of sp³-hybridized carbons (Fsp3) is 1.00. The van der Waals surface area contributed by atoms with E-state index in [4.69, 9.17) is 9.78 Å². The maximum atomic E-state index is 7.94. The van der Waals surface area contributed by atoms with Crippen molar-refractivity contribution >= 4 is 8.60 Å². The second-order valence-electron chi connectivity index (χ2n) is 0.906. The molecule has 0 aliphatic carbocycles. The molecule has 0 radical (unpaired) electrons. The predicted octanol–water partition coefficient (Wildman–Crippen LogP) is 1.39. The van der Waals surface area contributed by atoms with E-state index in [9.17, 15) is 0 Å². The molecule has 0 fully saturated rings. The smallest absolute Gasteiger partial charge is 0.314 e. The first kappa shape index (κ1) is 8.27. The number of hydrogen-bond donors (Lipinski definition) is 1. The van der Waals surface area contributed by atoms with Gasteiger partial charge in [-0.3, -0.25) is 0 Å². The molecule has 1 unspecified atom stereocenters. The van der Waals surface area contributed by atoms with Gasteiger partial charge in [0.05, 0.1) is 6.61 Å². The highest BCUT2D eigenvalue weighted by molar-refractivity contribution is 7.41. The van der Waals surface area contributed by atoms with Crippen molar-refractivity contribution in [1.82, 2.24) is 0 Å². The first-order chi connectivity index (χ1) is 3.85. The van der Waals surface area contributed by atoms with Crippen LogP contribution in [0, 0.1) is 0 Å². The highest BCUT2D eigenvalue weighted by Gasteiger charge is 2.05. The highest BCUT2D eigenvalue weighted by atomic mass is 31.2. The van der Waals surface area contributed by atoms with Crippen molar-refractivity contribution in [3.63, 3.8) is 0 Å². The van der Waals surface area contributed by atoms with Gasteiger partial charge in [-0.2, -0.15) is 4.67 Å². The molecule has 0 amide bonds. The van der Waals surface area contributed by atoms with Gasteiger partial charge in [-0.05, 0) is 6.92 Å². The zero-order valence-electron chi connectivity index (χ0n) is 4.83. The van der Waals surface area contributed by atoms with Crippen molar-refractivity contribution in [2.45, 2.75) is 6.92 Å². The van der Waals surface area contributed by atoms with Crippen LogP contribution in [0.1, 0.15) is 6.92 Å². The fourth-order valence-electron chi connectivity index (χ4n) is 0.215. The van der Waals surface area contributed by atoms with E-state index in [0.29, 0.717) is 6.61 Å². The molecule has 0 saturated carbocycles. The summed E-state index contributed by atoms with van der Waals surface area (Å²) in [6.07, 6.45) is 0. The molecule has 50 valence electrons. The highest BCUT2D eigenvalue weighted by Crippen LogP contribution is 2.36. The lowest BCUT2D eigenvalue weighted by atomic mass is 10.9. The van der Waals surface area contributed by atoms with Gasteiger partial charge in [0.25, 0.3) is 0 Å². The van der Waals surface area contributed by atoms with Gasteiger partial charge in [-0.15, -0.1) is 0 Å². The molecular weight excluding hydrogens is 131 g/mol. The first-order valence-corrected chi connectivity index (χ1v) is 3.23. The molecule has 0 aromatic rings. The van der Waals surface area contributed by atoms with Crippen LogP contribution in [0.2, 0.25) is 0 Å². The third-order valence-electron chi connectivity index (χ3n) is 0.450. The Kier molecular flexibility index (Phi) is 5.59. The van der Waals surface area contributed by atoms with Crippen LogP contribution in [0.5, 0.6) is 0 Å². The Labute approximate surface area is 49.3 Å². The summed E-state index contributed by atoms with van der Waals surface area (Å²) in [6, 6.07) is 0. The number of rotatable bonds is 4. The van der Waals surface area contributed by atoms with Gasteiger partial charge in [0.15, 0.2) is 0 Å². The van der Waals surface area contributed by atoms with Crippen molar-refractivity contribution < 1.29 is 19.0 Å². The Morgan fingerprint density at radius 1 is 1.62 bits per heavy atom. The Morgan fingerprint density at radius 3 is 2.38 bits per heavy atom. The van der Waals surface area contributed by atoms with Crippen molar-refractivity contribution in [3.05, 3.63) is 0 Å². The Hall–Kier alpha value is 0.270. The zero-order chi connectivity index (χ0) is 6.41. The zero-order valence-corrected chi connectivity index (χ0v) is 5.72. The van der Waals surface area contributed by atoms with Crippen molar-refractivity contribution in [3.8, 4) is 0 Å². The molecule has 0 spiro atoms. The maximum Gasteiger partial charge on any atom is 0.362 e. The molecule has 0 aromatic heterocycles. The van der Waals surface area contributed by atoms with Gasteiger partial charge in [0.2, 0.25) is 0 Å². The topological polar surface area (TPSA) is 47.9 Å². The van der Waals surface area contributed by atoms with Crippen LogP contribution < -0.4 is 0 Å². The van der Waals surface area contributed by atoms with Crippen LogP contribution in [0.15, 0.2) is 0 Å². The molecule has 1 N–H and O–H groups in total. The summed E-state index contributed by atoms with van der Waals surface area (Å²) >= 11 is 0. The fourth-order valence-corrected chi connectivity index (χ4v) is 0.645. The van der Waals surface area contributed by atoms with E-state index in [0.717, 1.165) is 0 Å². The Balaban J connectivity index is 3.07. The molecule has 0 aliphatic rings. The van der Waals surface area contributed by atoms with E-state index in [1.807, 2.05) is 0 Å². The van der Waals surface area contributed by atoms with E-state index < -0.39 is 8.60 Å². The van der Waals surface area contributed by atoms with E-state index in [1.54, 1.807) is 6.92 Å². The monoisotopic (exact) mass is 140 g/mol. The molecule has 1 atom stereocenters. The van der Waals surface area contributed by atoms with Gasteiger partial charge in [0, 0.05) is 7.11 Å². The lowest BCUT2D eigenvalue weighted by Gasteiger charge is -2.06. The molecular formula is C3H9O4P. The lowest BCUT2D eigenvalue weighted by Crippen LogP contribution is -1.87. The summed E-state index contributed by atoms with van der Waals surface area (Å²) in [6.45, 7) is 2.26. The second-order valence-corrected chi connectivity index (χ2v) is 2.14. The summed E-state index contributed by atoms with van der Waals surface area (Å²) in [7, 11) is -0.100. The predicted molar refractivity (Wildman–Crippen MR) is 29.3 cm³/mol. The quantitative estimate of drug-likeness (QED) is 0.364. The summed E-state index contributed by atoms with van der Waals surface area (Å²) in [4.78, 5) is 0. The van der Waals surface area contributed by atoms with E-state index >= 15 is 0 Å². The van der Waals surface area contributed by atoms with Crippen molar-refractivity contribution in [2.24, 2.45) is 0 Å². The van der Waals surface area contributed by atoms with Gasteiger partial charge >= 0.3 is 8.60 Å². The van der Waals surface area contributed by atoms with Crippen LogP contribution >= 0.6 is 8.60 Å². The third-order valence-corrected chi connectivity index (χ3v) is 1.35. The normalized spacial score (nSPS) is 13.9. The van der Waals surface area contributed by atoms with E-state index in [1.165, 1.54) is 7.11 Å². The van der Waals surface area contributed by atoms with Gasteiger partial charge in [-0.25, -0.2) is 5.26 Å².